The van der Waals surface area contributed by atoms with E-state index in [1.54, 1.807) is 6.92 Å². The monoisotopic (exact) mass is 598 g/mol. The van der Waals surface area contributed by atoms with E-state index in [0.29, 0.717) is 21.4 Å². The fourth-order valence-electron chi connectivity index (χ4n) is 3.42. The van der Waals surface area contributed by atoms with Crippen LogP contribution >= 0.6 is 50.8 Å². The highest BCUT2D eigenvalue weighted by Crippen LogP contribution is 2.42. The molecule has 10 nitrogen and oxygen atoms in total. The highest BCUT2D eigenvalue weighted by atomic mass is 79.9. The molecular weight excluding hydrogens is 585 g/mol. The maximum Gasteiger partial charge on any atom is 0.436 e. The molecule has 1 saturated heterocycles. The number of nitrogens with one attached hydrogen (secondary N) is 1. The number of β-lactam (4-membered cyclic amide) rings is 1. The molecule has 4 heterocycles. The molecule has 0 radical (unpaired) electrons. The Morgan fingerprint density at radius 2 is 2.06 bits per heavy atom. The van der Waals surface area contributed by atoms with Gasteiger partial charge >= 0.3 is 12.1 Å². The molecule has 182 valence electrons. The number of fused-ring (bicyclic) bond motifs is 1. The van der Waals surface area contributed by atoms with Crippen LogP contribution in [-0.4, -0.2) is 70.7 Å². The van der Waals surface area contributed by atoms with E-state index in [1.165, 1.54) is 41.9 Å². The third-order valence-corrected chi connectivity index (χ3v) is 9.04. The van der Waals surface area contributed by atoms with Gasteiger partial charge in [0.15, 0.2) is 10.0 Å². The number of halogens is 4. The zero-order valence-corrected chi connectivity index (χ0v) is 21.2. The molecule has 2 N–H and O–H groups in total. The zero-order valence-electron chi connectivity index (χ0n) is 17.2. The Kier molecular flexibility index (Phi) is 6.73. The molecule has 0 aliphatic carbocycles. The van der Waals surface area contributed by atoms with Gasteiger partial charge in [-0.25, -0.2) is 4.79 Å². The van der Waals surface area contributed by atoms with Crippen LogP contribution in [0.1, 0.15) is 21.2 Å². The third-order valence-electron chi connectivity index (χ3n) is 4.89. The summed E-state index contributed by atoms with van der Waals surface area (Å²) >= 11 is 6.70. The highest BCUT2D eigenvalue weighted by molar-refractivity contribution is 9.10. The van der Waals surface area contributed by atoms with Crippen LogP contribution in [-0.2, 0) is 22.8 Å². The predicted molar refractivity (Wildman–Crippen MR) is 120 cm³/mol. The van der Waals surface area contributed by atoms with Crippen molar-refractivity contribution in [2.75, 3.05) is 11.5 Å². The van der Waals surface area contributed by atoms with E-state index in [4.69, 9.17) is 0 Å². The number of hydrogen-bond acceptors (Lipinski definition) is 9. The Morgan fingerprint density at radius 3 is 2.62 bits per heavy atom. The van der Waals surface area contributed by atoms with Crippen molar-refractivity contribution in [2.24, 2.45) is 7.05 Å². The van der Waals surface area contributed by atoms with Crippen LogP contribution in [0.15, 0.2) is 20.1 Å². The molecule has 2 aromatic rings. The molecule has 1 fully saturated rings. The summed E-state index contributed by atoms with van der Waals surface area (Å²) in [5, 5.41) is 23.5. The molecule has 4 rings (SSSR count). The van der Waals surface area contributed by atoms with Crippen molar-refractivity contribution in [2.45, 2.75) is 28.9 Å². The van der Waals surface area contributed by atoms with Crippen LogP contribution in [0.5, 0.6) is 0 Å². The maximum atomic E-state index is 13.1. The molecular formula is C17H14BrF3N6O4S3. The fourth-order valence-corrected chi connectivity index (χ4v) is 7.46. The smallest absolute Gasteiger partial charge is 0.436 e. The molecule has 0 aromatic carbocycles. The molecule has 34 heavy (non-hydrogen) atoms. The van der Waals surface area contributed by atoms with Gasteiger partial charge in [0.05, 0.1) is 4.47 Å². The Balaban J connectivity index is 1.51. The Labute approximate surface area is 210 Å². The molecule has 2 aromatic heterocycles. The van der Waals surface area contributed by atoms with E-state index < -0.39 is 51.2 Å². The van der Waals surface area contributed by atoms with Crippen molar-refractivity contribution in [3.8, 4) is 0 Å². The van der Waals surface area contributed by atoms with Gasteiger partial charge in [-0.15, -0.1) is 22.0 Å². The first kappa shape index (κ1) is 25.0. The summed E-state index contributed by atoms with van der Waals surface area (Å²) in [6.07, 6.45) is -4.78. The molecule has 0 bridgehead atoms. The van der Waals surface area contributed by atoms with Gasteiger partial charge in [-0.3, -0.25) is 19.2 Å². The zero-order chi connectivity index (χ0) is 24.9. The van der Waals surface area contributed by atoms with E-state index in [2.05, 4.69) is 36.5 Å². The fraction of sp³-hybridized carbons (Fsp3) is 0.412. The summed E-state index contributed by atoms with van der Waals surface area (Å²) in [5.41, 5.74) is -1.31. The second-order valence-corrected chi connectivity index (χ2v) is 11.4. The van der Waals surface area contributed by atoms with Crippen LogP contribution in [0, 0.1) is 6.92 Å². The topological polar surface area (TPSA) is 130 Å². The number of rotatable bonds is 6. The minimum absolute atomic E-state index is 0.158. The number of carbonyl (C=O) groups excluding carboxylic acids is 2. The molecule has 2 aliphatic heterocycles. The van der Waals surface area contributed by atoms with Crippen LogP contribution in [0.2, 0.25) is 0 Å². The molecule has 0 saturated carbocycles. The van der Waals surface area contributed by atoms with Gasteiger partial charge in [-0.05, 0) is 28.4 Å². The quantitative estimate of drug-likeness (QED) is 0.380. The minimum atomic E-state index is -4.78. The van der Waals surface area contributed by atoms with E-state index >= 15 is 0 Å². The number of carbonyl (C=O) groups is 3. The standard InChI is InChI=1S/C17H14BrF3N6O4S3/c1-5-23-24-16(34-5)33-4-6-3-32-14-8(13(29)27(14)9(6)15(30)31)22-12(28)10-7(18)11(17(19,20)21)25-26(10)2/h8,14H,3-4H2,1-2H3,(H,22,28)(H,30,31)/t8-,14+/m0/s1. The van der Waals surface area contributed by atoms with Crippen molar-refractivity contribution in [3.05, 3.63) is 32.1 Å². The number of aryl methyl sites for hydroxylation is 2. The lowest BCUT2D eigenvalue weighted by Gasteiger charge is -2.49. The number of carboxylic acid groups (broad SMARTS) is 1. The van der Waals surface area contributed by atoms with E-state index in [-0.39, 0.29) is 5.70 Å². The first-order valence-electron chi connectivity index (χ1n) is 9.33. The van der Waals surface area contributed by atoms with Crippen molar-refractivity contribution >= 4 is 68.6 Å². The molecule has 0 unspecified atom stereocenters. The van der Waals surface area contributed by atoms with Crippen molar-refractivity contribution in [1.82, 2.24) is 30.2 Å². The van der Waals surface area contributed by atoms with Gasteiger partial charge in [-0.2, -0.15) is 18.3 Å². The van der Waals surface area contributed by atoms with Crippen molar-refractivity contribution in [3.63, 3.8) is 0 Å². The Bertz CT molecular complexity index is 1230. The maximum absolute atomic E-state index is 13.1. The average Bonchev–Trinajstić information content (AvgIpc) is 3.31. The molecule has 17 heteroatoms. The van der Waals surface area contributed by atoms with Crippen LogP contribution in [0.25, 0.3) is 0 Å². The van der Waals surface area contributed by atoms with Gasteiger partial charge in [0.2, 0.25) is 0 Å². The van der Waals surface area contributed by atoms with E-state index in [9.17, 15) is 32.7 Å². The van der Waals surface area contributed by atoms with Gasteiger partial charge in [-0.1, -0.05) is 23.1 Å². The van der Waals surface area contributed by atoms with Gasteiger partial charge < -0.3 is 10.4 Å². The number of carboxylic acids is 1. The van der Waals surface area contributed by atoms with Crippen molar-refractivity contribution in [1.29, 1.82) is 0 Å². The molecule has 2 amide bonds. The largest absolute Gasteiger partial charge is 0.477 e. The van der Waals surface area contributed by atoms with Gasteiger partial charge in [0.25, 0.3) is 11.8 Å². The van der Waals surface area contributed by atoms with Crippen LogP contribution in [0.4, 0.5) is 13.2 Å². The summed E-state index contributed by atoms with van der Waals surface area (Å²) in [7, 11) is 1.17. The highest BCUT2D eigenvalue weighted by Gasteiger charge is 2.54. The second-order valence-electron chi connectivity index (χ2n) is 7.13. The third kappa shape index (κ3) is 4.45. The lowest BCUT2D eigenvalue weighted by Crippen LogP contribution is -2.70. The first-order chi connectivity index (χ1) is 15.9. The summed E-state index contributed by atoms with van der Waals surface area (Å²) in [6.45, 7) is 1.80. The van der Waals surface area contributed by atoms with Gasteiger partial charge in [0, 0.05) is 18.6 Å². The normalized spacial score (nSPS) is 20.3. The summed E-state index contributed by atoms with van der Waals surface area (Å²) in [6, 6.07) is -1.09. The number of hydrogen-bond donors (Lipinski definition) is 2. The lowest BCUT2D eigenvalue weighted by atomic mass is 10.0. The minimum Gasteiger partial charge on any atom is -0.477 e. The SMILES string of the molecule is Cc1nnc(SCC2=C(C(=O)O)N3C(=O)[C@H](NC(=O)c4c(Br)c(C(F)(F)F)nn4C)[C@H]3SC2)s1. The number of aromatic nitrogens is 4. The summed E-state index contributed by atoms with van der Waals surface area (Å²) in [4.78, 5) is 38.5. The second kappa shape index (κ2) is 9.16. The van der Waals surface area contributed by atoms with Gasteiger partial charge in [0.1, 0.15) is 27.8 Å². The lowest BCUT2D eigenvalue weighted by molar-refractivity contribution is -0.148. The van der Waals surface area contributed by atoms with E-state index in [1.807, 2.05) is 0 Å². The Hall–Kier alpha value is -2.11. The predicted octanol–water partition coefficient (Wildman–Crippen LogP) is 2.51. The number of amides is 2. The van der Waals surface area contributed by atoms with Crippen LogP contribution < -0.4 is 5.32 Å². The molecule has 0 spiro atoms. The number of aliphatic carboxylic acids is 1. The summed E-state index contributed by atoms with van der Waals surface area (Å²) < 4.78 is 40.1. The Morgan fingerprint density at radius 1 is 1.35 bits per heavy atom. The first-order valence-corrected chi connectivity index (χ1v) is 13.0. The summed E-state index contributed by atoms with van der Waals surface area (Å²) in [5.74, 6) is -2.30. The number of thioether (sulfide) groups is 2. The average molecular weight is 599 g/mol. The molecule has 2 aliphatic rings. The van der Waals surface area contributed by atoms with Crippen LogP contribution in [0.3, 0.4) is 0 Å². The number of nitrogens with zero attached hydrogens (tertiary/aromatic N) is 5. The van der Waals surface area contributed by atoms with Crippen molar-refractivity contribution < 1.29 is 32.7 Å². The molecule has 2 atom stereocenters. The van der Waals surface area contributed by atoms with E-state index in [0.717, 1.165) is 14.6 Å². The number of alkyl halides is 3.